The number of halogens is 1. The highest BCUT2D eigenvalue weighted by molar-refractivity contribution is 14.1. The van der Waals surface area contributed by atoms with Crippen LogP contribution in [0.1, 0.15) is 24.8 Å². The topological polar surface area (TPSA) is 66.4 Å². The fourth-order valence-corrected chi connectivity index (χ4v) is 4.65. The Hall–Kier alpha value is -1.11. The number of rotatable bonds is 3. The van der Waals surface area contributed by atoms with E-state index in [1.54, 1.807) is 0 Å². The molecule has 112 valence electrons. The quantitative estimate of drug-likeness (QED) is 0.767. The second-order valence-corrected chi connectivity index (χ2v) is 7.42. The number of aryl methyl sites for hydroxylation is 1. The Morgan fingerprint density at radius 1 is 1.24 bits per heavy atom. The van der Waals surface area contributed by atoms with E-state index in [2.05, 4.69) is 27.9 Å². The lowest BCUT2D eigenvalue weighted by molar-refractivity contribution is -0.148. The minimum Gasteiger partial charge on any atom is -0.481 e. The van der Waals surface area contributed by atoms with Gasteiger partial charge in [0, 0.05) is 9.26 Å². The van der Waals surface area contributed by atoms with Gasteiger partial charge in [0.2, 0.25) is 5.91 Å². The summed E-state index contributed by atoms with van der Waals surface area (Å²) in [5.41, 5.74) is 1.79. The van der Waals surface area contributed by atoms with Gasteiger partial charge in [0.1, 0.15) is 0 Å². The predicted molar refractivity (Wildman–Crippen MR) is 88.0 cm³/mol. The second-order valence-electron chi connectivity index (χ2n) is 6.17. The van der Waals surface area contributed by atoms with Crippen LogP contribution < -0.4 is 5.32 Å². The molecule has 0 aliphatic heterocycles. The first kappa shape index (κ1) is 14.8. The molecule has 0 radical (unpaired) electrons. The van der Waals surface area contributed by atoms with Crippen LogP contribution in [0.25, 0.3) is 0 Å². The van der Waals surface area contributed by atoms with Gasteiger partial charge in [0.05, 0.1) is 11.8 Å². The van der Waals surface area contributed by atoms with Crippen molar-refractivity contribution >= 4 is 40.2 Å². The molecule has 2 N–H and O–H groups in total. The summed E-state index contributed by atoms with van der Waals surface area (Å²) in [5.74, 6) is -1.41. The number of carbonyl (C=O) groups excluding carboxylic acids is 1. The third-order valence-corrected chi connectivity index (χ3v) is 5.62. The molecule has 0 unspecified atom stereocenters. The van der Waals surface area contributed by atoms with Crippen LogP contribution >= 0.6 is 22.6 Å². The van der Waals surface area contributed by atoms with Gasteiger partial charge in [-0.3, -0.25) is 9.59 Å². The summed E-state index contributed by atoms with van der Waals surface area (Å²) in [7, 11) is 0. The summed E-state index contributed by atoms with van der Waals surface area (Å²) in [4.78, 5) is 24.1. The van der Waals surface area contributed by atoms with Crippen molar-refractivity contribution in [1.29, 1.82) is 0 Å². The number of fused-ring (bicyclic) bond motifs is 2. The van der Waals surface area contributed by atoms with E-state index < -0.39 is 11.9 Å². The molecular weight excluding hydrogens is 381 g/mol. The summed E-state index contributed by atoms with van der Waals surface area (Å²) < 4.78 is 1.12. The number of aliphatic carboxylic acids is 1. The van der Waals surface area contributed by atoms with Gasteiger partial charge in [0.25, 0.3) is 0 Å². The summed E-state index contributed by atoms with van der Waals surface area (Å²) in [6, 6.07) is 5.84. The Balaban J connectivity index is 1.80. The van der Waals surface area contributed by atoms with Crippen LogP contribution in [0.4, 0.5) is 5.69 Å². The SMILES string of the molecule is Cc1cc(I)ccc1NC(=O)[C@H]1[C@H]2CC[C@@H](C2)[C@@H]1C(=O)O. The number of benzene rings is 1. The van der Waals surface area contributed by atoms with E-state index >= 15 is 0 Å². The summed E-state index contributed by atoms with van der Waals surface area (Å²) >= 11 is 2.23. The molecule has 1 aromatic rings. The van der Waals surface area contributed by atoms with E-state index in [1.165, 1.54) is 0 Å². The van der Waals surface area contributed by atoms with Gasteiger partial charge in [-0.2, -0.15) is 0 Å². The maximum atomic E-state index is 12.6. The maximum absolute atomic E-state index is 12.6. The summed E-state index contributed by atoms with van der Waals surface area (Å²) in [6.07, 6.45) is 2.83. The fraction of sp³-hybridized carbons (Fsp3) is 0.500. The Morgan fingerprint density at radius 3 is 2.52 bits per heavy atom. The largest absolute Gasteiger partial charge is 0.481 e. The number of carbonyl (C=O) groups is 2. The smallest absolute Gasteiger partial charge is 0.307 e. The number of hydrogen-bond acceptors (Lipinski definition) is 2. The summed E-state index contributed by atoms with van der Waals surface area (Å²) in [6.45, 7) is 1.95. The molecule has 1 amide bonds. The molecule has 4 nitrogen and oxygen atoms in total. The lowest BCUT2D eigenvalue weighted by Gasteiger charge is -2.27. The van der Waals surface area contributed by atoms with Crippen molar-refractivity contribution in [2.75, 3.05) is 5.32 Å². The van der Waals surface area contributed by atoms with Crippen LogP contribution in [0.2, 0.25) is 0 Å². The highest BCUT2D eigenvalue weighted by Gasteiger charge is 2.53. The van der Waals surface area contributed by atoms with Gasteiger partial charge in [-0.25, -0.2) is 0 Å². The van der Waals surface area contributed by atoms with Crippen LogP contribution in [0.5, 0.6) is 0 Å². The molecule has 5 heteroatoms. The molecule has 2 aliphatic rings. The average Bonchev–Trinajstić information content (AvgIpc) is 3.02. The van der Waals surface area contributed by atoms with E-state index in [4.69, 9.17) is 0 Å². The predicted octanol–water partition coefficient (Wildman–Crippen LogP) is 3.29. The fourth-order valence-electron chi connectivity index (χ4n) is 4.01. The number of carboxylic acid groups (broad SMARTS) is 1. The zero-order valence-electron chi connectivity index (χ0n) is 11.8. The zero-order chi connectivity index (χ0) is 15.1. The van der Waals surface area contributed by atoms with Gasteiger partial charge >= 0.3 is 5.97 Å². The Morgan fingerprint density at radius 2 is 1.90 bits per heavy atom. The molecule has 2 bridgehead atoms. The Kier molecular flexibility index (Phi) is 3.94. The minimum absolute atomic E-state index is 0.126. The van der Waals surface area contributed by atoms with E-state index in [-0.39, 0.29) is 23.7 Å². The van der Waals surface area contributed by atoms with Gasteiger partial charge in [-0.1, -0.05) is 0 Å². The van der Waals surface area contributed by atoms with Crippen molar-refractivity contribution in [2.45, 2.75) is 26.2 Å². The Bertz CT molecular complexity index is 601. The van der Waals surface area contributed by atoms with Crippen LogP contribution in [0.3, 0.4) is 0 Å². The van der Waals surface area contributed by atoms with Crippen molar-refractivity contribution < 1.29 is 14.7 Å². The first-order chi connectivity index (χ1) is 9.97. The zero-order valence-corrected chi connectivity index (χ0v) is 14.0. The molecule has 1 aromatic carbocycles. The molecular formula is C16H18INO3. The molecule has 4 atom stereocenters. The monoisotopic (exact) mass is 399 g/mol. The molecule has 0 aromatic heterocycles. The molecule has 0 saturated heterocycles. The van der Waals surface area contributed by atoms with E-state index in [9.17, 15) is 14.7 Å². The van der Waals surface area contributed by atoms with Gasteiger partial charge in [0.15, 0.2) is 0 Å². The lowest BCUT2D eigenvalue weighted by atomic mass is 9.78. The highest BCUT2D eigenvalue weighted by Crippen LogP contribution is 2.52. The third-order valence-electron chi connectivity index (χ3n) is 4.95. The van der Waals surface area contributed by atoms with Crippen LogP contribution in [0, 0.1) is 34.2 Å². The van der Waals surface area contributed by atoms with Gasteiger partial charge in [-0.15, -0.1) is 0 Å². The minimum atomic E-state index is -0.818. The first-order valence-corrected chi connectivity index (χ1v) is 8.35. The van der Waals surface area contributed by atoms with Gasteiger partial charge in [-0.05, 0) is 84.4 Å². The van der Waals surface area contributed by atoms with E-state index in [0.29, 0.717) is 0 Å². The third kappa shape index (κ3) is 2.67. The van der Waals surface area contributed by atoms with Crippen LogP contribution in [-0.2, 0) is 9.59 Å². The molecule has 21 heavy (non-hydrogen) atoms. The van der Waals surface area contributed by atoms with Crippen LogP contribution in [0.15, 0.2) is 18.2 Å². The number of hydrogen-bond donors (Lipinski definition) is 2. The van der Waals surface area contributed by atoms with E-state index in [1.807, 2.05) is 25.1 Å². The number of amides is 1. The Labute approximate surface area is 137 Å². The lowest BCUT2D eigenvalue weighted by Crippen LogP contribution is -2.38. The average molecular weight is 399 g/mol. The number of anilines is 1. The number of carboxylic acids is 1. The second kappa shape index (κ2) is 5.59. The van der Waals surface area contributed by atoms with Crippen molar-refractivity contribution in [3.8, 4) is 0 Å². The molecule has 2 aliphatic carbocycles. The molecule has 0 heterocycles. The van der Waals surface area contributed by atoms with Gasteiger partial charge < -0.3 is 10.4 Å². The van der Waals surface area contributed by atoms with Crippen molar-refractivity contribution in [3.63, 3.8) is 0 Å². The standard InChI is InChI=1S/C16H18INO3/c1-8-6-11(17)4-5-12(8)18-15(19)13-9-2-3-10(7-9)14(13)16(20)21/h4-6,9-10,13-14H,2-3,7H2,1H3,(H,18,19)(H,20,21)/t9-,10-,13-,14-/m0/s1. The molecule has 2 saturated carbocycles. The number of nitrogens with one attached hydrogen (secondary N) is 1. The van der Waals surface area contributed by atoms with Crippen molar-refractivity contribution in [3.05, 3.63) is 27.3 Å². The normalized spacial score (nSPS) is 30.4. The first-order valence-electron chi connectivity index (χ1n) is 7.27. The molecule has 0 spiro atoms. The van der Waals surface area contributed by atoms with E-state index in [0.717, 1.165) is 34.1 Å². The summed E-state index contributed by atoms with van der Waals surface area (Å²) in [5, 5.41) is 12.4. The van der Waals surface area contributed by atoms with Crippen LogP contribution in [-0.4, -0.2) is 17.0 Å². The maximum Gasteiger partial charge on any atom is 0.307 e. The van der Waals surface area contributed by atoms with Crippen molar-refractivity contribution in [1.82, 2.24) is 0 Å². The van der Waals surface area contributed by atoms with Crippen molar-refractivity contribution in [2.24, 2.45) is 23.7 Å². The molecule has 2 fully saturated rings. The highest BCUT2D eigenvalue weighted by atomic mass is 127. The molecule has 3 rings (SSSR count).